The minimum Gasteiger partial charge on any atom is -0.394 e. The molecule has 0 amide bonds. The van der Waals surface area contributed by atoms with Crippen molar-refractivity contribution < 1.29 is 5.11 Å². The molecule has 0 saturated heterocycles. The molecule has 2 N–H and O–H groups in total. The fraction of sp³-hybridized carbons (Fsp3) is 0.600. The molecule has 0 radical (unpaired) electrons. The summed E-state index contributed by atoms with van der Waals surface area (Å²) in [5, 5.41) is 12.7. The Bertz CT molecular complexity index is 388. The van der Waals surface area contributed by atoms with Gasteiger partial charge in [-0.15, -0.1) is 0 Å². The van der Waals surface area contributed by atoms with E-state index >= 15 is 0 Å². The number of nitrogens with zero attached hydrogens (tertiary/aromatic N) is 1. The number of aryl methyl sites for hydroxylation is 1. The zero-order valence-corrected chi connectivity index (χ0v) is 11.4. The molecule has 0 saturated carbocycles. The smallest absolute Gasteiger partial charge is 0.0623 e. The van der Waals surface area contributed by atoms with Crippen LogP contribution in [0.25, 0.3) is 0 Å². The molecule has 1 atom stereocenters. The highest BCUT2D eigenvalue weighted by atomic mass is 16.3. The van der Waals surface area contributed by atoms with E-state index < -0.39 is 0 Å². The molecule has 0 spiro atoms. The maximum atomic E-state index is 9.49. The standard InChI is InChI=1S/C15H24N2O/c1-15(12-18,16-2)11-17-9-5-8-13-6-3-4-7-14(13)10-17/h3-4,6-7,16,18H,5,8-12H2,1-2H3. The third-order valence-electron chi connectivity index (χ3n) is 3.96. The van der Waals surface area contributed by atoms with Gasteiger partial charge in [0.25, 0.3) is 0 Å². The summed E-state index contributed by atoms with van der Waals surface area (Å²) in [6, 6.07) is 8.71. The van der Waals surface area contributed by atoms with Crippen molar-refractivity contribution in [1.82, 2.24) is 10.2 Å². The number of rotatable bonds is 4. The van der Waals surface area contributed by atoms with Crippen LogP contribution < -0.4 is 5.32 Å². The van der Waals surface area contributed by atoms with Gasteiger partial charge in [0.15, 0.2) is 0 Å². The summed E-state index contributed by atoms with van der Waals surface area (Å²) in [6.07, 6.45) is 2.37. The van der Waals surface area contributed by atoms with E-state index in [-0.39, 0.29) is 12.1 Å². The molecule has 0 bridgehead atoms. The van der Waals surface area contributed by atoms with Gasteiger partial charge in [0, 0.05) is 13.1 Å². The van der Waals surface area contributed by atoms with Crippen LogP contribution in [0.1, 0.15) is 24.5 Å². The highest BCUT2D eigenvalue weighted by Crippen LogP contribution is 2.19. The first-order valence-electron chi connectivity index (χ1n) is 6.76. The maximum Gasteiger partial charge on any atom is 0.0623 e. The van der Waals surface area contributed by atoms with Crippen LogP contribution in [0.5, 0.6) is 0 Å². The third kappa shape index (κ3) is 3.10. The van der Waals surface area contributed by atoms with Crippen LogP contribution in [0.3, 0.4) is 0 Å². The summed E-state index contributed by atoms with van der Waals surface area (Å²) in [5.41, 5.74) is 2.71. The molecule has 1 aromatic carbocycles. The zero-order valence-electron chi connectivity index (χ0n) is 11.4. The minimum absolute atomic E-state index is 0.168. The van der Waals surface area contributed by atoms with E-state index in [0.717, 1.165) is 19.6 Å². The molecule has 3 heteroatoms. The summed E-state index contributed by atoms with van der Waals surface area (Å²) in [4.78, 5) is 2.44. The maximum absolute atomic E-state index is 9.49. The molecule has 1 unspecified atom stereocenters. The van der Waals surface area contributed by atoms with Crippen molar-refractivity contribution in [3.8, 4) is 0 Å². The van der Waals surface area contributed by atoms with E-state index in [1.54, 1.807) is 0 Å². The van der Waals surface area contributed by atoms with Crippen LogP contribution in [0.2, 0.25) is 0 Å². The molecular formula is C15H24N2O. The van der Waals surface area contributed by atoms with Gasteiger partial charge in [0.05, 0.1) is 12.1 Å². The number of fused-ring (bicyclic) bond motifs is 1. The van der Waals surface area contributed by atoms with E-state index in [0.29, 0.717) is 0 Å². The molecule has 1 heterocycles. The first-order chi connectivity index (χ1) is 8.67. The molecule has 3 nitrogen and oxygen atoms in total. The fourth-order valence-corrected chi connectivity index (χ4v) is 2.61. The van der Waals surface area contributed by atoms with Gasteiger partial charge in [-0.2, -0.15) is 0 Å². The summed E-state index contributed by atoms with van der Waals surface area (Å²) in [6.45, 7) is 5.22. The Morgan fingerprint density at radius 1 is 1.33 bits per heavy atom. The number of likely N-dealkylation sites (N-methyl/N-ethyl adjacent to an activating group) is 1. The van der Waals surface area contributed by atoms with Crippen LogP contribution in [0.4, 0.5) is 0 Å². The van der Waals surface area contributed by atoms with Crippen LogP contribution >= 0.6 is 0 Å². The Morgan fingerprint density at radius 2 is 2.06 bits per heavy atom. The molecule has 18 heavy (non-hydrogen) atoms. The lowest BCUT2D eigenvalue weighted by molar-refractivity contribution is 0.123. The average Bonchev–Trinajstić information content (AvgIpc) is 2.60. The average molecular weight is 248 g/mol. The normalized spacial score (nSPS) is 19.9. The summed E-state index contributed by atoms with van der Waals surface area (Å²) < 4.78 is 0. The largest absolute Gasteiger partial charge is 0.394 e. The summed E-state index contributed by atoms with van der Waals surface area (Å²) in [7, 11) is 1.92. The van der Waals surface area contributed by atoms with E-state index in [2.05, 4.69) is 41.4 Å². The number of benzene rings is 1. The predicted molar refractivity (Wildman–Crippen MR) is 74.6 cm³/mol. The molecule has 1 aliphatic heterocycles. The van der Waals surface area contributed by atoms with Gasteiger partial charge in [-0.1, -0.05) is 24.3 Å². The second-order valence-electron chi connectivity index (χ2n) is 5.55. The lowest BCUT2D eigenvalue weighted by Crippen LogP contribution is -2.52. The number of aliphatic hydroxyl groups excluding tert-OH is 1. The van der Waals surface area contributed by atoms with Crippen LogP contribution in [0.15, 0.2) is 24.3 Å². The molecule has 0 aliphatic carbocycles. The molecule has 0 aromatic heterocycles. The first-order valence-corrected chi connectivity index (χ1v) is 6.76. The van der Waals surface area contributed by atoms with Crippen LogP contribution in [-0.4, -0.2) is 42.3 Å². The molecule has 1 aromatic rings. The second-order valence-corrected chi connectivity index (χ2v) is 5.55. The van der Waals surface area contributed by atoms with Crippen LogP contribution in [-0.2, 0) is 13.0 Å². The Balaban J connectivity index is 2.08. The SMILES string of the molecule is CNC(C)(CO)CN1CCCc2ccccc2C1. The Labute approximate surface area is 110 Å². The quantitative estimate of drug-likeness (QED) is 0.845. The van der Waals surface area contributed by atoms with E-state index in [4.69, 9.17) is 0 Å². The van der Waals surface area contributed by atoms with Crippen molar-refractivity contribution in [1.29, 1.82) is 0 Å². The van der Waals surface area contributed by atoms with Crippen molar-refractivity contribution in [2.75, 3.05) is 26.7 Å². The van der Waals surface area contributed by atoms with Crippen molar-refractivity contribution >= 4 is 0 Å². The van der Waals surface area contributed by atoms with Gasteiger partial charge in [-0.05, 0) is 44.5 Å². The monoisotopic (exact) mass is 248 g/mol. The zero-order chi connectivity index (χ0) is 13.0. The topological polar surface area (TPSA) is 35.5 Å². The minimum atomic E-state index is -0.209. The highest BCUT2D eigenvalue weighted by Gasteiger charge is 2.25. The third-order valence-corrected chi connectivity index (χ3v) is 3.96. The second kappa shape index (κ2) is 5.83. The van der Waals surface area contributed by atoms with Crippen LogP contribution in [0, 0.1) is 0 Å². The first kappa shape index (κ1) is 13.5. The van der Waals surface area contributed by atoms with Crippen molar-refractivity contribution in [2.45, 2.75) is 31.8 Å². The van der Waals surface area contributed by atoms with Gasteiger partial charge in [-0.3, -0.25) is 4.90 Å². The predicted octanol–water partition coefficient (Wildman–Crippen LogP) is 1.41. The van der Waals surface area contributed by atoms with Gasteiger partial charge in [0.2, 0.25) is 0 Å². The van der Waals surface area contributed by atoms with Gasteiger partial charge in [0.1, 0.15) is 0 Å². The van der Waals surface area contributed by atoms with E-state index in [1.165, 1.54) is 24.0 Å². The number of aliphatic hydroxyl groups is 1. The molecule has 100 valence electrons. The van der Waals surface area contributed by atoms with Gasteiger partial charge >= 0.3 is 0 Å². The number of hydrogen-bond acceptors (Lipinski definition) is 3. The van der Waals surface area contributed by atoms with Crippen molar-refractivity contribution in [3.63, 3.8) is 0 Å². The summed E-state index contributed by atoms with van der Waals surface area (Å²) >= 11 is 0. The Morgan fingerprint density at radius 3 is 2.72 bits per heavy atom. The molecular weight excluding hydrogens is 224 g/mol. The van der Waals surface area contributed by atoms with Gasteiger partial charge < -0.3 is 10.4 Å². The fourth-order valence-electron chi connectivity index (χ4n) is 2.61. The van der Waals surface area contributed by atoms with Crippen molar-refractivity contribution in [2.24, 2.45) is 0 Å². The van der Waals surface area contributed by atoms with E-state index in [1.807, 2.05) is 7.05 Å². The Hall–Kier alpha value is -0.900. The Kier molecular flexibility index (Phi) is 4.38. The lowest BCUT2D eigenvalue weighted by atomic mass is 10.0. The number of hydrogen-bond donors (Lipinski definition) is 2. The summed E-state index contributed by atoms with van der Waals surface area (Å²) in [5.74, 6) is 0. The highest BCUT2D eigenvalue weighted by molar-refractivity contribution is 5.28. The number of nitrogens with one attached hydrogen (secondary N) is 1. The molecule has 2 rings (SSSR count). The molecule has 1 aliphatic rings. The van der Waals surface area contributed by atoms with E-state index in [9.17, 15) is 5.11 Å². The lowest BCUT2D eigenvalue weighted by Gasteiger charge is -2.33. The van der Waals surface area contributed by atoms with Gasteiger partial charge in [-0.25, -0.2) is 0 Å². The van der Waals surface area contributed by atoms with Crippen molar-refractivity contribution in [3.05, 3.63) is 35.4 Å². The molecule has 0 fully saturated rings.